The van der Waals surface area contributed by atoms with Crippen molar-refractivity contribution in [3.8, 4) is 0 Å². The maximum atomic E-state index is 11.7. The number of benzene rings is 1. The fraction of sp³-hybridized carbons (Fsp3) is 0.167. The summed E-state index contributed by atoms with van der Waals surface area (Å²) in [7, 11) is 0. The molecule has 4 heteroatoms. The highest BCUT2D eigenvalue weighted by Gasteiger charge is 2.11. The largest absolute Gasteiger partial charge is 0.392 e. The fourth-order valence-electron chi connectivity index (χ4n) is 1.46. The number of hydrogen-bond acceptors (Lipinski definition) is 3. The minimum Gasteiger partial charge on any atom is -0.392 e. The molecular weight excluding hydrogens is 204 g/mol. The molecule has 82 valence electrons. The number of nitrogens with one attached hydrogen (secondary N) is 1. The number of amides is 1. The molecule has 1 aromatic carbocycles. The molecule has 0 aromatic heterocycles. The van der Waals surface area contributed by atoms with Gasteiger partial charge in [-0.3, -0.25) is 9.79 Å². The fourth-order valence-corrected chi connectivity index (χ4v) is 1.46. The number of anilines is 1. The lowest BCUT2D eigenvalue weighted by Gasteiger charge is -2.06. The Morgan fingerprint density at radius 3 is 3.06 bits per heavy atom. The Morgan fingerprint density at radius 2 is 2.38 bits per heavy atom. The SMILES string of the molecule is O=C(Nc1cccc(CO)c1)C1=CN=CC1. The van der Waals surface area contributed by atoms with Gasteiger partial charge in [-0.05, 0) is 17.7 Å². The van der Waals surface area contributed by atoms with Gasteiger partial charge < -0.3 is 10.4 Å². The minimum absolute atomic E-state index is 0.0322. The molecule has 0 atom stereocenters. The number of rotatable bonds is 3. The van der Waals surface area contributed by atoms with Crippen LogP contribution in [0.4, 0.5) is 5.69 Å². The number of aliphatic hydroxyl groups excluding tert-OH is 1. The molecule has 2 rings (SSSR count). The molecule has 0 radical (unpaired) electrons. The van der Waals surface area contributed by atoms with Gasteiger partial charge in [-0.15, -0.1) is 0 Å². The molecule has 0 unspecified atom stereocenters. The van der Waals surface area contributed by atoms with Gasteiger partial charge in [-0.25, -0.2) is 0 Å². The van der Waals surface area contributed by atoms with Crippen molar-refractivity contribution in [1.82, 2.24) is 0 Å². The van der Waals surface area contributed by atoms with Crippen LogP contribution < -0.4 is 5.32 Å². The van der Waals surface area contributed by atoms with Gasteiger partial charge >= 0.3 is 0 Å². The smallest absolute Gasteiger partial charge is 0.253 e. The highest BCUT2D eigenvalue weighted by molar-refractivity contribution is 6.06. The van der Waals surface area contributed by atoms with Crippen LogP contribution in [-0.4, -0.2) is 17.2 Å². The van der Waals surface area contributed by atoms with Gasteiger partial charge in [0, 0.05) is 30.1 Å². The number of aliphatic imine (C=N–C) groups is 1. The average molecular weight is 216 g/mol. The predicted octanol–water partition coefficient (Wildman–Crippen LogP) is 1.48. The summed E-state index contributed by atoms with van der Waals surface area (Å²) >= 11 is 0. The lowest BCUT2D eigenvalue weighted by Crippen LogP contribution is -2.13. The number of hydrogen-bond donors (Lipinski definition) is 2. The summed E-state index contributed by atoms with van der Waals surface area (Å²) in [6, 6.07) is 7.12. The van der Waals surface area contributed by atoms with Crippen molar-refractivity contribution in [2.24, 2.45) is 4.99 Å². The molecule has 1 amide bonds. The zero-order valence-electron chi connectivity index (χ0n) is 8.68. The van der Waals surface area contributed by atoms with E-state index in [4.69, 9.17) is 5.11 Å². The molecular formula is C12H12N2O2. The first-order chi connectivity index (χ1) is 7.79. The van der Waals surface area contributed by atoms with E-state index in [2.05, 4.69) is 10.3 Å². The van der Waals surface area contributed by atoms with E-state index in [1.807, 2.05) is 0 Å². The number of nitrogens with zero attached hydrogens (tertiary/aromatic N) is 1. The van der Waals surface area contributed by atoms with E-state index in [0.29, 0.717) is 17.7 Å². The Kier molecular flexibility index (Phi) is 3.12. The molecule has 16 heavy (non-hydrogen) atoms. The van der Waals surface area contributed by atoms with Crippen LogP contribution in [0.5, 0.6) is 0 Å². The van der Waals surface area contributed by atoms with Crippen LogP contribution in [0, 0.1) is 0 Å². The van der Waals surface area contributed by atoms with E-state index < -0.39 is 0 Å². The molecule has 0 spiro atoms. The Hall–Kier alpha value is -1.94. The Labute approximate surface area is 93.3 Å². The Balaban J connectivity index is 2.06. The summed E-state index contributed by atoms with van der Waals surface area (Å²) in [5.41, 5.74) is 2.10. The van der Waals surface area contributed by atoms with Crippen molar-refractivity contribution in [3.05, 3.63) is 41.6 Å². The molecule has 1 heterocycles. The molecule has 1 aromatic rings. The van der Waals surface area contributed by atoms with Gasteiger partial charge in [0.25, 0.3) is 5.91 Å². The third-order valence-corrected chi connectivity index (χ3v) is 2.31. The Morgan fingerprint density at radius 1 is 1.50 bits per heavy atom. The van der Waals surface area contributed by atoms with Crippen molar-refractivity contribution in [2.75, 3.05) is 5.32 Å². The summed E-state index contributed by atoms with van der Waals surface area (Å²) in [4.78, 5) is 15.6. The van der Waals surface area contributed by atoms with E-state index in [-0.39, 0.29) is 12.5 Å². The first kappa shape index (κ1) is 10.6. The topological polar surface area (TPSA) is 61.7 Å². The molecule has 0 aliphatic carbocycles. The van der Waals surface area contributed by atoms with Gasteiger partial charge in [0.1, 0.15) is 0 Å². The van der Waals surface area contributed by atoms with Gasteiger partial charge in [-0.1, -0.05) is 12.1 Å². The summed E-state index contributed by atoms with van der Waals surface area (Å²) in [5, 5.41) is 11.7. The summed E-state index contributed by atoms with van der Waals surface area (Å²) in [6.45, 7) is -0.0322. The van der Waals surface area contributed by atoms with Crippen LogP contribution in [0.3, 0.4) is 0 Å². The van der Waals surface area contributed by atoms with E-state index in [1.54, 1.807) is 36.7 Å². The van der Waals surface area contributed by atoms with E-state index in [0.717, 1.165) is 5.56 Å². The highest BCUT2D eigenvalue weighted by atomic mass is 16.3. The van der Waals surface area contributed by atoms with Crippen LogP contribution in [0.1, 0.15) is 12.0 Å². The molecule has 2 N–H and O–H groups in total. The second-order valence-electron chi connectivity index (χ2n) is 3.50. The summed E-state index contributed by atoms with van der Waals surface area (Å²) < 4.78 is 0. The molecule has 0 saturated heterocycles. The van der Waals surface area contributed by atoms with Gasteiger partial charge in [0.2, 0.25) is 0 Å². The summed E-state index contributed by atoms with van der Waals surface area (Å²) in [5.74, 6) is -0.146. The minimum atomic E-state index is -0.146. The third kappa shape index (κ3) is 2.35. The van der Waals surface area contributed by atoms with Gasteiger partial charge in [0.15, 0.2) is 0 Å². The predicted molar refractivity (Wildman–Crippen MR) is 62.2 cm³/mol. The number of carbonyl (C=O) groups excluding carboxylic acids is 1. The zero-order valence-corrected chi connectivity index (χ0v) is 8.68. The first-order valence-corrected chi connectivity index (χ1v) is 5.01. The van der Waals surface area contributed by atoms with Crippen molar-refractivity contribution in [2.45, 2.75) is 13.0 Å². The lowest BCUT2D eigenvalue weighted by molar-refractivity contribution is -0.112. The molecule has 4 nitrogen and oxygen atoms in total. The Bertz CT molecular complexity index is 464. The standard InChI is InChI=1S/C12H12N2O2/c15-8-9-2-1-3-11(6-9)14-12(16)10-4-5-13-7-10/h1-3,5-7,15H,4,8H2,(H,14,16). The number of aliphatic hydroxyl groups is 1. The lowest BCUT2D eigenvalue weighted by atomic mass is 10.2. The second-order valence-corrected chi connectivity index (χ2v) is 3.50. The quantitative estimate of drug-likeness (QED) is 0.803. The molecule has 0 bridgehead atoms. The van der Waals surface area contributed by atoms with Crippen molar-refractivity contribution in [3.63, 3.8) is 0 Å². The molecule has 1 aliphatic rings. The van der Waals surface area contributed by atoms with Crippen LogP contribution >= 0.6 is 0 Å². The zero-order chi connectivity index (χ0) is 11.4. The van der Waals surface area contributed by atoms with Gasteiger partial charge in [-0.2, -0.15) is 0 Å². The van der Waals surface area contributed by atoms with E-state index in [9.17, 15) is 4.79 Å². The van der Waals surface area contributed by atoms with Crippen molar-refractivity contribution < 1.29 is 9.90 Å². The molecule has 0 fully saturated rings. The van der Waals surface area contributed by atoms with Gasteiger partial charge in [0.05, 0.1) is 6.61 Å². The highest BCUT2D eigenvalue weighted by Crippen LogP contribution is 2.14. The van der Waals surface area contributed by atoms with Crippen LogP contribution in [0.2, 0.25) is 0 Å². The van der Waals surface area contributed by atoms with E-state index >= 15 is 0 Å². The van der Waals surface area contributed by atoms with Crippen LogP contribution in [0.15, 0.2) is 41.0 Å². The maximum absolute atomic E-state index is 11.7. The third-order valence-electron chi connectivity index (χ3n) is 2.31. The summed E-state index contributed by atoms with van der Waals surface area (Å²) in [6.07, 6.45) is 3.83. The van der Waals surface area contributed by atoms with Crippen LogP contribution in [0.25, 0.3) is 0 Å². The normalized spacial score (nSPS) is 13.7. The van der Waals surface area contributed by atoms with Crippen molar-refractivity contribution >= 4 is 17.8 Å². The van der Waals surface area contributed by atoms with Crippen molar-refractivity contribution in [1.29, 1.82) is 0 Å². The maximum Gasteiger partial charge on any atom is 0.253 e. The molecule has 1 aliphatic heterocycles. The van der Waals surface area contributed by atoms with Crippen LogP contribution in [-0.2, 0) is 11.4 Å². The second kappa shape index (κ2) is 4.72. The first-order valence-electron chi connectivity index (χ1n) is 5.01. The van der Waals surface area contributed by atoms with E-state index in [1.165, 1.54) is 0 Å². The average Bonchev–Trinajstić information content (AvgIpc) is 2.83. The number of carbonyl (C=O) groups is 1. The monoisotopic (exact) mass is 216 g/mol. The molecule has 0 saturated carbocycles.